The molecule has 0 radical (unpaired) electrons. The molecule has 0 amide bonds. The molecular formula is C16H14ClFN2S. The van der Waals surface area contributed by atoms with Crippen molar-refractivity contribution in [1.82, 2.24) is 9.55 Å². The molecule has 0 fully saturated rings. The fourth-order valence-electron chi connectivity index (χ4n) is 2.60. The van der Waals surface area contributed by atoms with Crippen molar-refractivity contribution >= 4 is 34.9 Å². The molecule has 0 saturated carbocycles. The van der Waals surface area contributed by atoms with Gasteiger partial charge in [0, 0.05) is 12.1 Å². The van der Waals surface area contributed by atoms with Crippen LogP contribution in [0, 0.1) is 10.6 Å². The maximum absolute atomic E-state index is 13.7. The molecule has 0 bridgehead atoms. The Morgan fingerprint density at radius 3 is 2.71 bits per heavy atom. The summed E-state index contributed by atoms with van der Waals surface area (Å²) in [5.41, 5.74) is 2.72. The van der Waals surface area contributed by atoms with Crippen LogP contribution in [0.3, 0.4) is 0 Å². The van der Waals surface area contributed by atoms with Gasteiger partial charge in [-0.15, -0.1) is 0 Å². The van der Waals surface area contributed by atoms with Gasteiger partial charge in [0.05, 0.1) is 16.1 Å². The van der Waals surface area contributed by atoms with Gasteiger partial charge in [0.2, 0.25) is 0 Å². The van der Waals surface area contributed by atoms with Gasteiger partial charge in [-0.2, -0.15) is 0 Å². The monoisotopic (exact) mass is 320 g/mol. The summed E-state index contributed by atoms with van der Waals surface area (Å²) >= 11 is 11.2. The van der Waals surface area contributed by atoms with E-state index in [2.05, 4.69) is 24.0 Å². The number of fused-ring (bicyclic) bond motifs is 1. The average Bonchev–Trinajstić information content (AvgIpc) is 2.75. The molecule has 2 nitrogen and oxygen atoms in total. The molecule has 1 N–H and O–H groups in total. The van der Waals surface area contributed by atoms with E-state index in [1.165, 1.54) is 11.6 Å². The second kappa shape index (κ2) is 5.62. The average molecular weight is 321 g/mol. The van der Waals surface area contributed by atoms with Crippen molar-refractivity contribution in [2.45, 2.75) is 19.4 Å². The highest BCUT2D eigenvalue weighted by Gasteiger charge is 2.14. The number of hydrogen-bond acceptors (Lipinski definition) is 1. The molecule has 0 aliphatic carbocycles. The molecule has 0 saturated heterocycles. The van der Waals surface area contributed by atoms with Gasteiger partial charge in [0.25, 0.3) is 0 Å². The Kier molecular flexibility index (Phi) is 3.83. The first kappa shape index (κ1) is 14.3. The molecular weight excluding hydrogens is 307 g/mol. The van der Waals surface area contributed by atoms with Gasteiger partial charge in [-0.25, -0.2) is 4.39 Å². The summed E-state index contributed by atoms with van der Waals surface area (Å²) in [7, 11) is 0. The molecule has 0 spiro atoms. The number of rotatable bonds is 3. The van der Waals surface area contributed by atoms with Crippen LogP contribution in [0.2, 0.25) is 5.02 Å². The molecule has 1 atom stereocenters. The van der Waals surface area contributed by atoms with Crippen molar-refractivity contribution in [3.8, 4) is 0 Å². The number of halogens is 2. The lowest BCUT2D eigenvalue weighted by Crippen LogP contribution is -2.08. The van der Waals surface area contributed by atoms with Gasteiger partial charge in [0.1, 0.15) is 5.82 Å². The first-order valence-corrected chi connectivity index (χ1v) is 7.48. The SMILES string of the molecule is CC(Cc1ccccc1)n1c(=S)[nH]c2cc(Cl)c(F)cc21. The minimum atomic E-state index is -0.432. The van der Waals surface area contributed by atoms with Crippen LogP contribution in [-0.4, -0.2) is 9.55 Å². The Bertz CT molecular complexity index is 839. The standard InChI is InChI=1S/C16H14ClFN2S/c1-10(7-11-5-3-2-4-6-11)20-15-9-13(18)12(17)8-14(15)19-16(20)21/h2-6,8-10H,7H2,1H3,(H,19,21). The Hall–Kier alpha value is -1.65. The summed E-state index contributed by atoms with van der Waals surface area (Å²) in [5, 5.41) is 0.0987. The van der Waals surface area contributed by atoms with Gasteiger partial charge < -0.3 is 9.55 Å². The third kappa shape index (κ3) is 2.74. The fraction of sp³-hybridized carbons (Fsp3) is 0.188. The van der Waals surface area contributed by atoms with E-state index in [4.69, 9.17) is 23.8 Å². The van der Waals surface area contributed by atoms with Crippen molar-refractivity contribution < 1.29 is 4.39 Å². The molecule has 0 aliphatic rings. The lowest BCUT2D eigenvalue weighted by Gasteiger charge is -2.15. The Balaban J connectivity index is 2.05. The lowest BCUT2D eigenvalue weighted by molar-refractivity contribution is 0.551. The molecule has 0 aliphatic heterocycles. The topological polar surface area (TPSA) is 20.7 Å². The van der Waals surface area contributed by atoms with E-state index >= 15 is 0 Å². The highest BCUT2D eigenvalue weighted by molar-refractivity contribution is 7.71. The van der Waals surface area contributed by atoms with Gasteiger partial charge in [-0.3, -0.25) is 0 Å². The highest BCUT2D eigenvalue weighted by atomic mass is 35.5. The largest absolute Gasteiger partial charge is 0.331 e. The van der Waals surface area contributed by atoms with Crippen LogP contribution in [0.4, 0.5) is 4.39 Å². The molecule has 3 rings (SSSR count). The number of nitrogens with one attached hydrogen (secondary N) is 1. The van der Waals surface area contributed by atoms with E-state index in [-0.39, 0.29) is 11.1 Å². The van der Waals surface area contributed by atoms with E-state index in [0.29, 0.717) is 4.77 Å². The van der Waals surface area contributed by atoms with Crippen LogP contribution in [0.1, 0.15) is 18.5 Å². The van der Waals surface area contributed by atoms with Crippen molar-refractivity contribution in [2.24, 2.45) is 0 Å². The first-order chi connectivity index (χ1) is 10.1. The molecule has 21 heavy (non-hydrogen) atoms. The number of aromatic amines is 1. The summed E-state index contributed by atoms with van der Waals surface area (Å²) < 4.78 is 16.3. The quantitative estimate of drug-likeness (QED) is 0.650. The van der Waals surface area contributed by atoms with Crippen molar-refractivity contribution in [3.05, 3.63) is 63.6 Å². The number of benzene rings is 2. The second-order valence-electron chi connectivity index (χ2n) is 5.12. The lowest BCUT2D eigenvalue weighted by atomic mass is 10.1. The Morgan fingerprint density at radius 2 is 2.00 bits per heavy atom. The summed E-state index contributed by atoms with van der Waals surface area (Å²) in [6.45, 7) is 2.07. The zero-order valence-corrected chi connectivity index (χ0v) is 13.0. The minimum Gasteiger partial charge on any atom is -0.331 e. The summed E-state index contributed by atoms with van der Waals surface area (Å²) in [6, 6.07) is 13.3. The van der Waals surface area contributed by atoms with Gasteiger partial charge in [-0.1, -0.05) is 41.9 Å². The van der Waals surface area contributed by atoms with Crippen LogP contribution < -0.4 is 0 Å². The molecule has 5 heteroatoms. The maximum Gasteiger partial charge on any atom is 0.178 e. The maximum atomic E-state index is 13.7. The van der Waals surface area contributed by atoms with E-state index < -0.39 is 5.82 Å². The third-order valence-corrected chi connectivity index (χ3v) is 4.16. The minimum absolute atomic E-state index is 0.0987. The zero-order chi connectivity index (χ0) is 15.0. The predicted octanol–water partition coefficient (Wildman–Crippen LogP) is 5.30. The van der Waals surface area contributed by atoms with Crippen molar-refractivity contribution in [3.63, 3.8) is 0 Å². The number of hydrogen-bond donors (Lipinski definition) is 1. The molecule has 2 aromatic carbocycles. The highest BCUT2D eigenvalue weighted by Crippen LogP contribution is 2.26. The smallest absolute Gasteiger partial charge is 0.178 e. The Morgan fingerprint density at radius 1 is 1.29 bits per heavy atom. The van der Waals surface area contributed by atoms with Crippen LogP contribution in [0.25, 0.3) is 11.0 Å². The van der Waals surface area contributed by atoms with Crippen molar-refractivity contribution in [2.75, 3.05) is 0 Å². The van der Waals surface area contributed by atoms with Crippen LogP contribution in [0.15, 0.2) is 42.5 Å². The van der Waals surface area contributed by atoms with Gasteiger partial charge in [-0.05, 0) is 37.2 Å². The summed E-state index contributed by atoms with van der Waals surface area (Å²) in [4.78, 5) is 3.09. The second-order valence-corrected chi connectivity index (χ2v) is 5.92. The van der Waals surface area contributed by atoms with E-state index in [1.54, 1.807) is 6.07 Å². The van der Waals surface area contributed by atoms with E-state index in [9.17, 15) is 4.39 Å². The van der Waals surface area contributed by atoms with Crippen LogP contribution in [0.5, 0.6) is 0 Å². The Labute approximate surface area is 132 Å². The van der Waals surface area contributed by atoms with Gasteiger partial charge >= 0.3 is 0 Å². The molecule has 3 aromatic rings. The molecule has 108 valence electrons. The zero-order valence-electron chi connectivity index (χ0n) is 11.4. The third-order valence-electron chi connectivity index (χ3n) is 3.57. The number of H-pyrrole nitrogens is 1. The predicted molar refractivity (Wildman–Crippen MR) is 86.9 cm³/mol. The van der Waals surface area contributed by atoms with Crippen molar-refractivity contribution in [1.29, 1.82) is 0 Å². The number of aromatic nitrogens is 2. The molecule has 1 heterocycles. The normalized spacial score (nSPS) is 12.7. The molecule has 1 aromatic heterocycles. The summed E-state index contributed by atoms with van der Waals surface area (Å²) in [5.74, 6) is -0.432. The van der Waals surface area contributed by atoms with Crippen LogP contribution >= 0.6 is 23.8 Å². The first-order valence-electron chi connectivity index (χ1n) is 6.69. The number of imidazole rings is 1. The van der Waals surface area contributed by atoms with E-state index in [0.717, 1.165) is 17.5 Å². The van der Waals surface area contributed by atoms with Gasteiger partial charge in [0.15, 0.2) is 4.77 Å². The van der Waals surface area contributed by atoms with Crippen LogP contribution in [-0.2, 0) is 6.42 Å². The summed E-state index contributed by atoms with van der Waals surface area (Å²) in [6.07, 6.45) is 0.826. The molecule has 1 unspecified atom stereocenters. The number of nitrogens with zero attached hydrogens (tertiary/aromatic N) is 1. The van der Waals surface area contributed by atoms with E-state index in [1.807, 2.05) is 22.8 Å². The fourth-order valence-corrected chi connectivity index (χ4v) is 3.16.